The number of ether oxygens (including phenoxy) is 2. The number of aromatic amines is 1. The van der Waals surface area contributed by atoms with E-state index < -0.39 is 0 Å². The summed E-state index contributed by atoms with van der Waals surface area (Å²) in [6, 6.07) is 13.1. The number of aromatic nitrogens is 3. The van der Waals surface area contributed by atoms with Crippen LogP contribution in [0.15, 0.2) is 47.3 Å². The Labute approximate surface area is 200 Å². The first-order valence-corrected chi connectivity index (χ1v) is 12.2. The second-order valence-electron chi connectivity index (χ2n) is 8.61. The number of hydrogen-bond donors (Lipinski definition) is 1. The molecule has 0 unspecified atom stereocenters. The van der Waals surface area contributed by atoms with Crippen molar-refractivity contribution >= 4 is 43.4 Å². The molecule has 1 saturated heterocycles. The van der Waals surface area contributed by atoms with Gasteiger partial charge in [0, 0.05) is 34.3 Å². The number of morpholine rings is 1. The van der Waals surface area contributed by atoms with E-state index in [0.717, 1.165) is 58.9 Å². The Morgan fingerprint density at radius 2 is 1.85 bits per heavy atom. The van der Waals surface area contributed by atoms with Gasteiger partial charge in [0.1, 0.15) is 16.4 Å². The van der Waals surface area contributed by atoms with Crippen LogP contribution in [0.1, 0.15) is 16.3 Å². The summed E-state index contributed by atoms with van der Waals surface area (Å²) in [4.78, 5) is 30.5. The van der Waals surface area contributed by atoms with Crippen LogP contribution >= 0.6 is 11.3 Å². The Morgan fingerprint density at radius 1 is 1.06 bits per heavy atom. The summed E-state index contributed by atoms with van der Waals surface area (Å²) in [5, 5.41) is 2.18. The van der Waals surface area contributed by atoms with Gasteiger partial charge in [-0.15, -0.1) is 11.3 Å². The Hall–Kier alpha value is -3.33. The highest BCUT2D eigenvalue weighted by Gasteiger charge is 2.19. The number of hydrogen-bond acceptors (Lipinski definition) is 7. The molecule has 0 spiro atoms. The summed E-state index contributed by atoms with van der Waals surface area (Å²) in [7, 11) is 0. The molecule has 0 saturated carbocycles. The van der Waals surface area contributed by atoms with E-state index in [9.17, 15) is 4.79 Å². The summed E-state index contributed by atoms with van der Waals surface area (Å²) in [5.41, 5.74) is 2.71. The molecule has 2 aromatic carbocycles. The Balaban J connectivity index is 1.43. The number of fused-ring (bicyclic) bond motifs is 3. The van der Waals surface area contributed by atoms with Crippen molar-refractivity contribution in [2.75, 3.05) is 26.3 Å². The number of H-pyrrole nitrogens is 1. The second-order valence-corrected chi connectivity index (χ2v) is 9.81. The van der Waals surface area contributed by atoms with Crippen molar-refractivity contribution in [3.8, 4) is 11.6 Å². The Bertz CT molecular complexity index is 1600. The number of aryl methyl sites for hydroxylation is 2. The fourth-order valence-electron chi connectivity index (χ4n) is 4.43. The quantitative estimate of drug-likeness (QED) is 0.374. The number of nitrogens with one attached hydrogen (secondary N) is 1. The molecule has 7 nitrogen and oxygen atoms in total. The molecule has 3 aromatic heterocycles. The molecular formula is C26H24N4O3S. The monoisotopic (exact) mass is 472 g/mol. The van der Waals surface area contributed by atoms with Gasteiger partial charge in [-0.1, -0.05) is 12.1 Å². The van der Waals surface area contributed by atoms with Crippen molar-refractivity contribution in [2.45, 2.75) is 20.4 Å². The molecule has 1 aliphatic heterocycles. The van der Waals surface area contributed by atoms with Crippen molar-refractivity contribution in [1.82, 2.24) is 19.9 Å². The molecule has 1 aliphatic rings. The zero-order chi connectivity index (χ0) is 23.2. The van der Waals surface area contributed by atoms with E-state index in [1.165, 1.54) is 4.88 Å². The van der Waals surface area contributed by atoms with Crippen molar-refractivity contribution in [1.29, 1.82) is 0 Å². The number of nitrogens with zero attached hydrogens (tertiary/aromatic N) is 3. The molecule has 8 heteroatoms. The molecule has 172 valence electrons. The predicted octanol–water partition coefficient (Wildman–Crippen LogP) is 4.93. The second kappa shape index (κ2) is 8.47. The van der Waals surface area contributed by atoms with Crippen LogP contribution in [0.5, 0.6) is 11.6 Å². The molecule has 0 aliphatic carbocycles. The summed E-state index contributed by atoms with van der Waals surface area (Å²) < 4.78 is 11.8. The lowest BCUT2D eigenvalue weighted by Crippen LogP contribution is -2.36. The van der Waals surface area contributed by atoms with Crippen LogP contribution in [-0.2, 0) is 11.3 Å². The van der Waals surface area contributed by atoms with Crippen molar-refractivity contribution < 1.29 is 9.47 Å². The lowest BCUT2D eigenvalue weighted by atomic mass is 10.1. The average Bonchev–Trinajstić information content (AvgIpc) is 3.13. The molecule has 1 N–H and O–H groups in total. The molecule has 34 heavy (non-hydrogen) atoms. The fraction of sp³-hybridized carbons (Fsp3) is 0.269. The van der Waals surface area contributed by atoms with E-state index in [1.807, 2.05) is 36.4 Å². The number of thiophene rings is 1. The first-order chi connectivity index (χ1) is 16.6. The third kappa shape index (κ3) is 3.73. The van der Waals surface area contributed by atoms with Gasteiger partial charge in [0.05, 0.1) is 30.7 Å². The summed E-state index contributed by atoms with van der Waals surface area (Å²) in [6.45, 7) is 7.99. The first kappa shape index (κ1) is 21.2. The van der Waals surface area contributed by atoms with Crippen molar-refractivity contribution in [3.05, 3.63) is 69.0 Å². The molecule has 0 bridgehead atoms. The summed E-state index contributed by atoms with van der Waals surface area (Å²) in [5.74, 6) is 1.84. The van der Waals surface area contributed by atoms with Crippen LogP contribution in [0, 0.1) is 13.8 Å². The van der Waals surface area contributed by atoms with Crippen molar-refractivity contribution in [3.63, 3.8) is 0 Å². The van der Waals surface area contributed by atoms with Crippen LogP contribution in [0.25, 0.3) is 32.0 Å². The van der Waals surface area contributed by atoms with Crippen molar-refractivity contribution in [2.24, 2.45) is 0 Å². The van der Waals surface area contributed by atoms with Gasteiger partial charge < -0.3 is 14.5 Å². The number of rotatable bonds is 4. The molecular weight excluding hydrogens is 448 g/mol. The van der Waals surface area contributed by atoms with E-state index in [1.54, 1.807) is 17.4 Å². The average molecular weight is 473 g/mol. The minimum absolute atomic E-state index is 0.0156. The number of para-hydroxylation sites is 1. The van der Waals surface area contributed by atoms with Crippen LogP contribution in [0.4, 0.5) is 0 Å². The van der Waals surface area contributed by atoms with E-state index in [4.69, 9.17) is 19.4 Å². The highest BCUT2D eigenvalue weighted by molar-refractivity contribution is 7.18. The maximum Gasteiger partial charge on any atom is 0.231 e. The van der Waals surface area contributed by atoms with E-state index in [0.29, 0.717) is 28.9 Å². The largest absolute Gasteiger partial charge is 0.438 e. The molecule has 5 aromatic rings. The normalized spacial score (nSPS) is 14.9. The molecule has 4 heterocycles. The van der Waals surface area contributed by atoms with Crippen LogP contribution in [0.2, 0.25) is 0 Å². The third-order valence-electron chi connectivity index (χ3n) is 6.40. The smallest absolute Gasteiger partial charge is 0.231 e. The van der Waals surface area contributed by atoms with Crippen LogP contribution in [-0.4, -0.2) is 46.2 Å². The fourth-order valence-corrected chi connectivity index (χ4v) is 5.47. The van der Waals surface area contributed by atoms with Gasteiger partial charge in [-0.2, -0.15) is 4.98 Å². The van der Waals surface area contributed by atoms with Gasteiger partial charge in [0.25, 0.3) is 0 Å². The van der Waals surface area contributed by atoms with Gasteiger partial charge in [-0.05, 0) is 49.7 Å². The molecule has 1 fully saturated rings. The summed E-state index contributed by atoms with van der Waals surface area (Å²) in [6.07, 6.45) is 0. The zero-order valence-electron chi connectivity index (χ0n) is 19.1. The zero-order valence-corrected chi connectivity index (χ0v) is 19.9. The highest BCUT2D eigenvalue weighted by Crippen LogP contribution is 2.37. The van der Waals surface area contributed by atoms with Gasteiger partial charge >= 0.3 is 0 Å². The minimum atomic E-state index is -0.0156. The summed E-state index contributed by atoms with van der Waals surface area (Å²) >= 11 is 1.66. The SMILES string of the molecule is Cc1sc2nc(CN3CCOCC3)nc(Oc3ccc4[nH]c5ccccc5c(=O)c4c3)c2c1C. The van der Waals surface area contributed by atoms with Crippen LogP contribution < -0.4 is 10.2 Å². The molecule has 6 rings (SSSR count). The minimum Gasteiger partial charge on any atom is -0.438 e. The number of pyridine rings is 1. The van der Waals surface area contributed by atoms with E-state index in [-0.39, 0.29) is 5.43 Å². The predicted molar refractivity (Wildman–Crippen MR) is 135 cm³/mol. The van der Waals surface area contributed by atoms with Gasteiger partial charge in [-0.3, -0.25) is 9.69 Å². The highest BCUT2D eigenvalue weighted by atomic mass is 32.1. The molecule has 0 amide bonds. The standard InChI is InChI=1S/C26H24N4O3S/c1-15-16(2)34-26-23(15)25(28-22(29-26)14-30-9-11-32-12-10-30)33-17-7-8-21-19(13-17)24(31)18-5-3-4-6-20(18)27-21/h3-8,13H,9-12,14H2,1-2H3,(H,27,31). The topological polar surface area (TPSA) is 80.3 Å². The van der Waals surface area contributed by atoms with Crippen LogP contribution in [0.3, 0.4) is 0 Å². The first-order valence-electron chi connectivity index (χ1n) is 11.4. The van der Waals surface area contributed by atoms with E-state index >= 15 is 0 Å². The van der Waals surface area contributed by atoms with E-state index in [2.05, 4.69) is 23.7 Å². The Kier molecular flexibility index (Phi) is 5.28. The van der Waals surface area contributed by atoms with Gasteiger partial charge in [-0.25, -0.2) is 4.98 Å². The number of benzene rings is 2. The third-order valence-corrected chi connectivity index (χ3v) is 7.50. The maximum absolute atomic E-state index is 13.1. The van der Waals surface area contributed by atoms with Gasteiger partial charge in [0.15, 0.2) is 5.43 Å². The van der Waals surface area contributed by atoms with Gasteiger partial charge in [0.2, 0.25) is 5.88 Å². The molecule has 0 radical (unpaired) electrons. The Morgan fingerprint density at radius 3 is 2.71 bits per heavy atom. The maximum atomic E-state index is 13.1. The lowest BCUT2D eigenvalue weighted by molar-refractivity contribution is 0.0330. The molecule has 0 atom stereocenters. The lowest BCUT2D eigenvalue weighted by Gasteiger charge is -2.25.